The topological polar surface area (TPSA) is 59.8 Å². The molecule has 1 amide bonds. The minimum absolute atomic E-state index is 0.106. The average Bonchev–Trinajstić information content (AvgIpc) is 2.99. The van der Waals surface area contributed by atoms with Gasteiger partial charge in [-0.1, -0.05) is 24.3 Å². The van der Waals surface area contributed by atoms with E-state index in [1.807, 2.05) is 44.2 Å². The van der Waals surface area contributed by atoms with Crippen LogP contribution in [0.15, 0.2) is 46.9 Å². The zero-order chi connectivity index (χ0) is 17.5. The van der Waals surface area contributed by atoms with Crippen LogP contribution in [0.5, 0.6) is 0 Å². The zero-order valence-corrected chi connectivity index (χ0v) is 14.1. The van der Waals surface area contributed by atoms with Crippen LogP contribution in [-0.2, 0) is 20.9 Å². The van der Waals surface area contributed by atoms with Crippen molar-refractivity contribution in [2.75, 3.05) is 13.7 Å². The van der Waals surface area contributed by atoms with Crippen molar-refractivity contribution in [2.24, 2.45) is 0 Å². The van der Waals surface area contributed by atoms with E-state index in [0.717, 1.165) is 16.9 Å². The molecule has 0 aliphatic heterocycles. The predicted octanol–water partition coefficient (Wildman–Crippen LogP) is 3.11. The summed E-state index contributed by atoms with van der Waals surface area (Å²) in [5.74, 6) is 0.625. The molecule has 126 valence electrons. The van der Waals surface area contributed by atoms with Crippen LogP contribution in [0, 0.1) is 13.8 Å². The number of benzene rings is 1. The Labute approximate surface area is 141 Å². The summed E-state index contributed by atoms with van der Waals surface area (Å²) in [5.41, 5.74) is 2.04. The van der Waals surface area contributed by atoms with E-state index in [1.54, 1.807) is 12.1 Å². The third-order valence-corrected chi connectivity index (χ3v) is 3.63. The molecule has 2 rings (SSSR count). The molecule has 0 spiro atoms. The van der Waals surface area contributed by atoms with E-state index < -0.39 is 5.97 Å². The van der Waals surface area contributed by atoms with Crippen LogP contribution < -0.4 is 0 Å². The van der Waals surface area contributed by atoms with Gasteiger partial charge in [-0.25, -0.2) is 0 Å². The number of hydrogen-bond acceptors (Lipinski definition) is 4. The Bertz CT molecular complexity index is 745. The van der Waals surface area contributed by atoms with Crippen molar-refractivity contribution in [1.29, 1.82) is 0 Å². The first kappa shape index (κ1) is 17.5. The Kier molecular flexibility index (Phi) is 5.95. The molecule has 0 unspecified atom stereocenters. The Balaban J connectivity index is 2.15. The molecule has 0 radical (unpaired) electrons. The van der Waals surface area contributed by atoms with E-state index >= 15 is 0 Å². The maximum atomic E-state index is 12.5. The maximum absolute atomic E-state index is 12.5. The van der Waals surface area contributed by atoms with Crippen LogP contribution in [0.2, 0.25) is 0 Å². The maximum Gasteiger partial charge on any atom is 0.325 e. The van der Waals surface area contributed by atoms with Gasteiger partial charge in [0.1, 0.15) is 18.1 Å². The highest BCUT2D eigenvalue weighted by Gasteiger charge is 2.17. The van der Waals surface area contributed by atoms with Crippen molar-refractivity contribution >= 4 is 18.0 Å². The lowest BCUT2D eigenvalue weighted by molar-refractivity contribution is -0.145. The van der Waals surface area contributed by atoms with E-state index in [-0.39, 0.29) is 12.5 Å². The SMILES string of the molecule is COC(=O)CN(Cc1ccccc1C)C(=O)/C=C/c1ccc(C)o1. The number of nitrogens with zero attached hydrogens (tertiary/aromatic N) is 1. The first-order valence-electron chi connectivity index (χ1n) is 7.64. The fraction of sp³-hybridized carbons (Fsp3) is 0.263. The summed E-state index contributed by atoms with van der Waals surface area (Å²) in [6.07, 6.45) is 3.00. The Morgan fingerprint density at radius 1 is 1.17 bits per heavy atom. The Hall–Kier alpha value is -2.82. The largest absolute Gasteiger partial charge is 0.468 e. The minimum atomic E-state index is -0.459. The van der Waals surface area contributed by atoms with Gasteiger partial charge in [-0.15, -0.1) is 0 Å². The first-order chi connectivity index (χ1) is 11.5. The van der Waals surface area contributed by atoms with Gasteiger partial charge in [0, 0.05) is 12.6 Å². The fourth-order valence-electron chi connectivity index (χ4n) is 2.23. The number of aryl methyl sites for hydroxylation is 2. The highest BCUT2D eigenvalue weighted by Crippen LogP contribution is 2.12. The lowest BCUT2D eigenvalue weighted by atomic mass is 10.1. The number of amides is 1. The predicted molar refractivity (Wildman–Crippen MR) is 91.1 cm³/mol. The Morgan fingerprint density at radius 2 is 1.92 bits per heavy atom. The molecule has 2 aromatic rings. The smallest absolute Gasteiger partial charge is 0.325 e. The van der Waals surface area contributed by atoms with Gasteiger partial charge in [0.15, 0.2) is 0 Å². The second kappa shape index (κ2) is 8.15. The monoisotopic (exact) mass is 327 g/mol. The van der Waals surface area contributed by atoms with Gasteiger partial charge in [-0.2, -0.15) is 0 Å². The molecule has 0 aliphatic rings. The molecule has 5 nitrogen and oxygen atoms in total. The molecule has 0 aliphatic carbocycles. The van der Waals surface area contributed by atoms with E-state index in [9.17, 15) is 9.59 Å². The number of ether oxygens (including phenoxy) is 1. The van der Waals surface area contributed by atoms with Gasteiger partial charge in [0.25, 0.3) is 0 Å². The molecule has 1 heterocycles. The molecule has 1 aromatic carbocycles. The summed E-state index contributed by atoms with van der Waals surface area (Å²) in [5, 5.41) is 0. The summed E-state index contributed by atoms with van der Waals surface area (Å²) in [4.78, 5) is 25.5. The van der Waals surface area contributed by atoms with Crippen molar-refractivity contribution in [3.8, 4) is 0 Å². The van der Waals surface area contributed by atoms with Crippen molar-refractivity contribution < 1.29 is 18.7 Å². The fourth-order valence-corrected chi connectivity index (χ4v) is 2.23. The normalized spacial score (nSPS) is 10.8. The lowest BCUT2D eigenvalue weighted by Crippen LogP contribution is -2.34. The molecule has 5 heteroatoms. The second-order valence-corrected chi connectivity index (χ2v) is 5.48. The first-order valence-corrected chi connectivity index (χ1v) is 7.64. The van der Waals surface area contributed by atoms with Gasteiger partial charge < -0.3 is 14.1 Å². The molecule has 0 saturated heterocycles. The van der Waals surface area contributed by atoms with Crippen molar-refractivity contribution in [1.82, 2.24) is 4.90 Å². The molecule has 1 aromatic heterocycles. The number of rotatable bonds is 6. The van der Waals surface area contributed by atoms with Gasteiger partial charge in [-0.05, 0) is 43.2 Å². The number of esters is 1. The molecular formula is C19H21NO4. The summed E-state index contributed by atoms with van der Waals surface area (Å²) in [6.45, 7) is 4.03. The third-order valence-electron chi connectivity index (χ3n) is 3.63. The molecule has 0 atom stereocenters. The summed E-state index contributed by atoms with van der Waals surface area (Å²) >= 11 is 0. The molecule has 0 N–H and O–H groups in total. The standard InChI is InChI=1S/C19H21NO4/c1-14-6-4-5-7-16(14)12-20(13-19(22)23-3)18(21)11-10-17-9-8-15(2)24-17/h4-11H,12-13H2,1-3H3/b11-10+. The average molecular weight is 327 g/mol. The van der Waals surface area contributed by atoms with Crippen molar-refractivity contribution in [3.05, 3.63) is 65.1 Å². The van der Waals surface area contributed by atoms with Crippen molar-refractivity contribution in [2.45, 2.75) is 20.4 Å². The second-order valence-electron chi connectivity index (χ2n) is 5.48. The third kappa shape index (κ3) is 4.84. The van der Waals surface area contributed by atoms with E-state index in [2.05, 4.69) is 4.74 Å². The van der Waals surface area contributed by atoms with Gasteiger partial charge in [0.2, 0.25) is 5.91 Å². The van der Waals surface area contributed by atoms with Crippen LogP contribution in [0.4, 0.5) is 0 Å². The van der Waals surface area contributed by atoms with E-state index in [1.165, 1.54) is 18.1 Å². The number of hydrogen-bond donors (Lipinski definition) is 0. The molecule has 0 bridgehead atoms. The molecule has 24 heavy (non-hydrogen) atoms. The van der Waals surface area contributed by atoms with Crippen molar-refractivity contribution in [3.63, 3.8) is 0 Å². The van der Waals surface area contributed by atoms with Crippen LogP contribution in [0.1, 0.15) is 22.6 Å². The summed E-state index contributed by atoms with van der Waals surface area (Å²) in [7, 11) is 1.31. The van der Waals surface area contributed by atoms with E-state index in [4.69, 9.17) is 4.42 Å². The zero-order valence-electron chi connectivity index (χ0n) is 14.1. The number of carbonyl (C=O) groups is 2. The van der Waals surface area contributed by atoms with Gasteiger partial charge >= 0.3 is 5.97 Å². The minimum Gasteiger partial charge on any atom is -0.468 e. The summed E-state index contributed by atoms with van der Waals surface area (Å²) in [6, 6.07) is 11.4. The number of carbonyl (C=O) groups excluding carboxylic acids is 2. The lowest BCUT2D eigenvalue weighted by Gasteiger charge is -2.21. The highest BCUT2D eigenvalue weighted by atomic mass is 16.5. The van der Waals surface area contributed by atoms with Gasteiger partial charge in [-0.3, -0.25) is 9.59 Å². The molecule has 0 fully saturated rings. The molecule has 0 saturated carbocycles. The summed E-state index contributed by atoms with van der Waals surface area (Å²) < 4.78 is 10.1. The Morgan fingerprint density at radius 3 is 2.54 bits per heavy atom. The van der Waals surface area contributed by atoms with E-state index in [0.29, 0.717) is 12.3 Å². The van der Waals surface area contributed by atoms with Crippen LogP contribution in [-0.4, -0.2) is 30.4 Å². The highest BCUT2D eigenvalue weighted by molar-refractivity contribution is 5.93. The van der Waals surface area contributed by atoms with Crippen LogP contribution in [0.3, 0.4) is 0 Å². The quantitative estimate of drug-likeness (QED) is 0.604. The van der Waals surface area contributed by atoms with Crippen LogP contribution >= 0.6 is 0 Å². The number of furan rings is 1. The van der Waals surface area contributed by atoms with Crippen LogP contribution in [0.25, 0.3) is 6.08 Å². The number of methoxy groups -OCH3 is 1. The molecular weight excluding hydrogens is 306 g/mol. The van der Waals surface area contributed by atoms with Gasteiger partial charge in [0.05, 0.1) is 7.11 Å².